The smallest absolute Gasteiger partial charge is 0.294 e. The molecule has 4 rings (SSSR count). The molecule has 0 aliphatic carbocycles. The highest BCUT2D eigenvalue weighted by Crippen LogP contribution is 2.37. The first-order valence-electron chi connectivity index (χ1n) is 8.39. The van der Waals surface area contributed by atoms with Crippen LogP contribution in [-0.2, 0) is 11.2 Å². The average molecular weight is 362 g/mol. The molecule has 1 aliphatic rings. The molecule has 2 aromatic carbocycles. The number of thiophene rings is 1. The predicted molar refractivity (Wildman–Crippen MR) is 106 cm³/mol. The van der Waals surface area contributed by atoms with E-state index < -0.39 is 0 Å². The molecule has 0 saturated heterocycles. The van der Waals surface area contributed by atoms with Crippen molar-refractivity contribution in [2.75, 3.05) is 17.2 Å². The molecule has 2 N–H and O–H groups in total. The molecule has 5 heteroatoms. The highest BCUT2D eigenvalue weighted by atomic mass is 32.1. The van der Waals surface area contributed by atoms with Crippen LogP contribution in [0.5, 0.6) is 5.75 Å². The number of nitrogen functional groups attached to an aromatic ring is 1. The molecule has 0 bridgehead atoms. The number of hydrogen-bond donors (Lipinski definition) is 1. The number of anilines is 2. The van der Waals surface area contributed by atoms with Crippen molar-refractivity contribution < 1.29 is 9.53 Å². The Balaban J connectivity index is 1.67. The van der Waals surface area contributed by atoms with Crippen LogP contribution >= 0.6 is 11.3 Å². The van der Waals surface area contributed by atoms with Crippen LogP contribution < -0.4 is 15.4 Å². The van der Waals surface area contributed by atoms with Crippen LogP contribution in [0.25, 0.3) is 6.08 Å². The molecule has 1 amide bonds. The summed E-state index contributed by atoms with van der Waals surface area (Å²) in [6.07, 6.45) is 2.55. The predicted octanol–water partition coefficient (Wildman–Crippen LogP) is 4.34. The minimum atomic E-state index is -0.133. The molecule has 130 valence electrons. The summed E-state index contributed by atoms with van der Waals surface area (Å²) in [4.78, 5) is 15.8. The summed E-state index contributed by atoms with van der Waals surface area (Å²) in [6, 6.07) is 19.4. The van der Waals surface area contributed by atoms with E-state index in [2.05, 4.69) is 12.1 Å². The van der Waals surface area contributed by atoms with Gasteiger partial charge in [0.25, 0.3) is 5.91 Å². The lowest BCUT2D eigenvalue weighted by atomic mass is 10.1. The number of amides is 1. The number of nitrogens with two attached hydrogens (primary N) is 1. The van der Waals surface area contributed by atoms with Crippen LogP contribution in [-0.4, -0.2) is 12.5 Å². The number of nitrogens with zero attached hydrogens (tertiary/aromatic N) is 1. The molecule has 0 spiro atoms. The number of fused-ring (bicyclic) bond motifs is 1. The number of rotatable bonds is 4. The Labute approximate surface area is 156 Å². The Bertz CT molecular complexity index is 949. The van der Waals surface area contributed by atoms with Crippen molar-refractivity contribution in [3.05, 3.63) is 82.2 Å². The zero-order valence-electron chi connectivity index (χ0n) is 14.1. The lowest BCUT2D eigenvalue weighted by molar-refractivity contribution is -0.117. The largest absolute Gasteiger partial charge is 0.449 e. The van der Waals surface area contributed by atoms with Gasteiger partial charge in [0.2, 0.25) is 0 Å². The number of hydrogen-bond acceptors (Lipinski definition) is 4. The highest BCUT2D eigenvalue weighted by Gasteiger charge is 2.30. The van der Waals surface area contributed by atoms with Crippen molar-refractivity contribution in [3.8, 4) is 5.75 Å². The number of carbonyl (C=O) groups is 1. The summed E-state index contributed by atoms with van der Waals surface area (Å²) in [5, 5.41) is 1.97. The number of ether oxygens (including phenoxy) is 1. The van der Waals surface area contributed by atoms with Crippen LogP contribution in [0.15, 0.2) is 71.8 Å². The van der Waals surface area contributed by atoms with Crippen molar-refractivity contribution in [1.29, 1.82) is 0 Å². The molecule has 3 aromatic rings. The molecule has 0 saturated carbocycles. The van der Waals surface area contributed by atoms with Gasteiger partial charge in [0.1, 0.15) is 0 Å². The van der Waals surface area contributed by atoms with Gasteiger partial charge in [0, 0.05) is 29.3 Å². The summed E-state index contributed by atoms with van der Waals surface area (Å²) in [5.74, 6) is 0.797. The number of carbonyl (C=O) groups excluding carboxylic acids is 1. The fourth-order valence-electron chi connectivity index (χ4n) is 2.94. The van der Waals surface area contributed by atoms with E-state index in [4.69, 9.17) is 10.5 Å². The summed E-state index contributed by atoms with van der Waals surface area (Å²) < 4.78 is 5.88. The summed E-state index contributed by atoms with van der Waals surface area (Å²) in [5.41, 5.74) is 8.46. The minimum absolute atomic E-state index is 0.133. The molecule has 4 nitrogen and oxygen atoms in total. The van der Waals surface area contributed by atoms with Crippen molar-refractivity contribution in [1.82, 2.24) is 0 Å². The second-order valence-electron chi connectivity index (χ2n) is 6.05. The molecule has 1 aliphatic heterocycles. The van der Waals surface area contributed by atoms with Crippen molar-refractivity contribution in [3.63, 3.8) is 0 Å². The van der Waals surface area contributed by atoms with Crippen LogP contribution in [0.3, 0.4) is 0 Å². The van der Waals surface area contributed by atoms with E-state index in [0.29, 0.717) is 23.7 Å². The second-order valence-corrected chi connectivity index (χ2v) is 7.02. The summed E-state index contributed by atoms with van der Waals surface area (Å²) in [7, 11) is 0. The van der Waals surface area contributed by atoms with Gasteiger partial charge >= 0.3 is 0 Å². The van der Waals surface area contributed by atoms with Gasteiger partial charge in [-0.2, -0.15) is 0 Å². The molecule has 26 heavy (non-hydrogen) atoms. The second kappa shape index (κ2) is 7.06. The van der Waals surface area contributed by atoms with Gasteiger partial charge in [0.15, 0.2) is 11.5 Å². The van der Waals surface area contributed by atoms with Gasteiger partial charge < -0.3 is 15.4 Å². The SMILES string of the molecule is Nc1ccc2c(c1)O/C(=C/c1cccs1)C(=O)N2CCc1ccccc1. The molecule has 0 radical (unpaired) electrons. The monoisotopic (exact) mass is 362 g/mol. The van der Waals surface area contributed by atoms with E-state index in [-0.39, 0.29) is 5.91 Å². The van der Waals surface area contributed by atoms with Crippen LogP contribution in [0, 0.1) is 0 Å². The third-order valence-corrected chi connectivity index (χ3v) is 5.05. The molecule has 1 aromatic heterocycles. The molecule has 0 fully saturated rings. The van der Waals surface area contributed by atoms with Crippen LogP contribution in [0.4, 0.5) is 11.4 Å². The normalized spacial score (nSPS) is 15.0. The summed E-state index contributed by atoms with van der Waals surface area (Å²) >= 11 is 1.56. The van der Waals surface area contributed by atoms with Gasteiger partial charge in [-0.25, -0.2) is 0 Å². The van der Waals surface area contributed by atoms with E-state index in [1.807, 2.05) is 41.8 Å². The molecule has 0 atom stereocenters. The summed E-state index contributed by atoms with van der Waals surface area (Å²) in [6.45, 7) is 0.574. The number of benzene rings is 2. The Morgan fingerprint density at radius 1 is 1.08 bits per heavy atom. The fraction of sp³-hybridized carbons (Fsp3) is 0.0952. The Morgan fingerprint density at radius 2 is 1.92 bits per heavy atom. The Kier molecular flexibility index (Phi) is 4.46. The maximum atomic E-state index is 13.0. The Hall–Kier alpha value is -3.05. The van der Waals surface area contributed by atoms with Gasteiger partial charge in [0.05, 0.1) is 5.69 Å². The van der Waals surface area contributed by atoms with Crippen molar-refractivity contribution in [2.24, 2.45) is 0 Å². The quantitative estimate of drug-likeness (QED) is 0.555. The maximum absolute atomic E-state index is 13.0. The first-order valence-corrected chi connectivity index (χ1v) is 9.27. The third kappa shape index (κ3) is 3.34. The van der Waals surface area contributed by atoms with Crippen molar-refractivity contribution in [2.45, 2.75) is 6.42 Å². The van der Waals surface area contributed by atoms with E-state index in [1.165, 1.54) is 5.56 Å². The van der Waals surface area contributed by atoms with Gasteiger partial charge in [-0.1, -0.05) is 36.4 Å². The molecule has 0 unspecified atom stereocenters. The lowest BCUT2D eigenvalue weighted by Gasteiger charge is -2.30. The zero-order valence-corrected chi connectivity index (χ0v) is 14.9. The average Bonchev–Trinajstić information content (AvgIpc) is 3.16. The lowest BCUT2D eigenvalue weighted by Crippen LogP contribution is -2.38. The van der Waals surface area contributed by atoms with Gasteiger partial charge in [-0.05, 0) is 35.6 Å². The first-order chi connectivity index (χ1) is 12.7. The Morgan fingerprint density at radius 3 is 2.69 bits per heavy atom. The molecular weight excluding hydrogens is 344 g/mol. The van der Waals surface area contributed by atoms with Crippen LogP contribution in [0.2, 0.25) is 0 Å². The minimum Gasteiger partial charge on any atom is -0.449 e. The van der Waals surface area contributed by atoms with Crippen LogP contribution in [0.1, 0.15) is 10.4 Å². The van der Waals surface area contributed by atoms with E-state index in [9.17, 15) is 4.79 Å². The van der Waals surface area contributed by atoms with E-state index in [1.54, 1.807) is 34.4 Å². The topological polar surface area (TPSA) is 55.6 Å². The van der Waals surface area contributed by atoms with E-state index in [0.717, 1.165) is 17.0 Å². The van der Waals surface area contributed by atoms with Gasteiger partial charge in [-0.15, -0.1) is 11.3 Å². The maximum Gasteiger partial charge on any atom is 0.294 e. The first kappa shape index (κ1) is 16.4. The molecular formula is C21H18N2O2S. The zero-order chi connectivity index (χ0) is 17.9. The van der Waals surface area contributed by atoms with Gasteiger partial charge in [-0.3, -0.25) is 4.79 Å². The third-order valence-electron chi connectivity index (χ3n) is 4.23. The fourth-order valence-corrected chi connectivity index (χ4v) is 3.59. The molecule has 2 heterocycles. The standard InChI is InChI=1S/C21H18N2O2S/c22-16-8-9-18-19(13-16)25-20(14-17-7-4-12-26-17)21(24)23(18)11-10-15-5-2-1-3-6-15/h1-9,12-14H,10-11,22H2/b20-14+. The highest BCUT2D eigenvalue weighted by molar-refractivity contribution is 7.10. The van der Waals surface area contributed by atoms with Crippen molar-refractivity contribution >= 4 is 34.7 Å². The van der Waals surface area contributed by atoms with E-state index >= 15 is 0 Å².